The molecule has 0 saturated carbocycles. The fourth-order valence-electron chi connectivity index (χ4n) is 1.37. The van der Waals surface area contributed by atoms with Crippen LogP contribution in [0.15, 0.2) is 29.2 Å². The molecule has 0 aliphatic carbocycles. The van der Waals surface area contributed by atoms with E-state index < -0.39 is 12.3 Å². The maximum atomic E-state index is 12.4. The molecule has 5 nitrogen and oxygen atoms in total. The third-order valence-corrected chi connectivity index (χ3v) is 2.29. The van der Waals surface area contributed by atoms with E-state index >= 15 is 0 Å². The third kappa shape index (κ3) is 2.21. The topological polar surface area (TPSA) is 54.1 Å². The van der Waals surface area contributed by atoms with Crippen LogP contribution in [0.2, 0.25) is 0 Å². The lowest BCUT2D eigenvalue weighted by Crippen LogP contribution is -2.41. The van der Waals surface area contributed by atoms with Crippen LogP contribution in [0.4, 0.5) is 13.2 Å². The van der Waals surface area contributed by atoms with Gasteiger partial charge in [-0.15, -0.1) is 5.10 Å². The zero-order valence-electron chi connectivity index (χ0n) is 8.98. The number of hydrazone groups is 1. The van der Waals surface area contributed by atoms with Gasteiger partial charge in [-0.25, -0.2) is 5.01 Å². The largest absolute Gasteiger partial charge is 0.416 e. The number of alkyl halides is 3. The van der Waals surface area contributed by atoms with Crippen molar-refractivity contribution in [2.75, 3.05) is 6.54 Å². The van der Waals surface area contributed by atoms with Gasteiger partial charge in [-0.3, -0.25) is 4.84 Å². The lowest BCUT2D eigenvalue weighted by Gasteiger charge is -2.26. The second-order valence-corrected chi connectivity index (χ2v) is 3.58. The van der Waals surface area contributed by atoms with Crippen LogP contribution in [0.5, 0.6) is 0 Å². The summed E-state index contributed by atoms with van der Waals surface area (Å²) in [6.45, 7) is 1.36. The highest BCUT2D eigenvalue weighted by Gasteiger charge is 2.41. The van der Waals surface area contributed by atoms with E-state index in [-0.39, 0.29) is 5.96 Å². The van der Waals surface area contributed by atoms with E-state index in [9.17, 15) is 13.2 Å². The number of allylic oxidation sites excluding steroid dienone is 2. The Morgan fingerprint density at radius 3 is 2.88 bits per heavy atom. The van der Waals surface area contributed by atoms with Gasteiger partial charge in [0.05, 0.1) is 6.54 Å². The van der Waals surface area contributed by atoms with Crippen LogP contribution >= 0.6 is 0 Å². The highest BCUT2D eigenvalue weighted by molar-refractivity contribution is 5.80. The molecule has 17 heavy (non-hydrogen) atoms. The predicted molar refractivity (Wildman–Crippen MR) is 54.0 cm³/mol. The van der Waals surface area contributed by atoms with Crippen molar-refractivity contribution < 1.29 is 18.0 Å². The Bertz CT molecular complexity index is 402. The molecule has 1 unspecified atom stereocenters. The average Bonchev–Trinajstić information content (AvgIpc) is 2.54. The third-order valence-electron chi connectivity index (χ3n) is 2.29. The van der Waals surface area contributed by atoms with E-state index in [0.717, 1.165) is 12.0 Å². The van der Waals surface area contributed by atoms with Gasteiger partial charge < -0.3 is 5.73 Å². The Morgan fingerprint density at radius 1 is 1.53 bits per heavy atom. The molecule has 0 fully saturated rings. The summed E-state index contributed by atoms with van der Waals surface area (Å²) in [5.41, 5.74) is 5.50. The Kier molecular flexibility index (Phi) is 2.74. The summed E-state index contributed by atoms with van der Waals surface area (Å²) in [4.78, 5) is 4.77. The van der Waals surface area contributed by atoms with Crippen molar-refractivity contribution in [1.29, 1.82) is 0 Å². The van der Waals surface area contributed by atoms with E-state index in [0.29, 0.717) is 12.4 Å². The number of hydroxylamine groups is 2. The summed E-state index contributed by atoms with van der Waals surface area (Å²) in [6, 6.07) is 0. The quantitative estimate of drug-likeness (QED) is 0.795. The lowest BCUT2D eigenvalue weighted by atomic mass is 10.3. The van der Waals surface area contributed by atoms with Crippen LogP contribution in [-0.4, -0.2) is 34.9 Å². The van der Waals surface area contributed by atoms with Crippen molar-refractivity contribution >= 4 is 5.96 Å². The van der Waals surface area contributed by atoms with Crippen molar-refractivity contribution in [1.82, 2.24) is 10.1 Å². The molecule has 8 heteroatoms. The molecule has 2 aliphatic rings. The van der Waals surface area contributed by atoms with E-state index in [1.807, 2.05) is 0 Å². The van der Waals surface area contributed by atoms with Gasteiger partial charge in [-0.2, -0.15) is 18.2 Å². The number of hydrogen-bond acceptors (Lipinski definition) is 5. The van der Waals surface area contributed by atoms with E-state index in [4.69, 9.17) is 10.6 Å². The van der Waals surface area contributed by atoms with Crippen LogP contribution in [0.3, 0.4) is 0 Å². The van der Waals surface area contributed by atoms with Gasteiger partial charge >= 0.3 is 6.18 Å². The van der Waals surface area contributed by atoms with Gasteiger partial charge in [0, 0.05) is 0 Å². The smallest absolute Gasteiger partial charge is 0.366 e. The molecule has 2 heterocycles. The first-order valence-corrected chi connectivity index (χ1v) is 4.91. The van der Waals surface area contributed by atoms with E-state index in [2.05, 4.69) is 5.10 Å². The first-order valence-electron chi connectivity index (χ1n) is 4.91. The molecule has 0 amide bonds. The van der Waals surface area contributed by atoms with E-state index in [1.165, 1.54) is 5.01 Å². The van der Waals surface area contributed by atoms with Gasteiger partial charge in [0.15, 0.2) is 11.9 Å². The molecule has 0 aromatic carbocycles. The number of nitrogens with zero attached hydrogens (tertiary/aromatic N) is 3. The molecular weight excluding hydrogens is 237 g/mol. The number of hydrogen-bond donors (Lipinski definition) is 1. The molecule has 1 atom stereocenters. The monoisotopic (exact) mass is 248 g/mol. The molecule has 0 radical (unpaired) electrons. The molecule has 0 spiro atoms. The Hall–Kier alpha value is -1.70. The molecular formula is C9H11F3N4O. The van der Waals surface area contributed by atoms with Gasteiger partial charge in [0.1, 0.15) is 0 Å². The average molecular weight is 248 g/mol. The normalized spacial score (nSPS) is 21.2. The summed E-state index contributed by atoms with van der Waals surface area (Å²) in [5.74, 6) is 0.261. The summed E-state index contributed by atoms with van der Waals surface area (Å²) in [5, 5.41) is 6.22. The van der Waals surface area contributed by atoms with Crippen molar-refractivity contribution in [3.05, 3.63) is 24.0 Å². The Labute approximate surface area is 95.6 Å². The molecule has 2 rings (SSSR count). The van der Waals surface area contributed by atoms with Crippen LogP contribution < -0.4 is 5.73 Å². The van der Waals surface area contributed by atoms with Crippen LogP contribution in [-0.2, 0) is 4.84 Å². The standard InChI is InChI=1S/C9H11F3N4O/c1-6(9(10,11)12)17-16-7-4-2-3-5-15(7)14-8(16)13/h2-4,6H,5H2,1H3,(H2,13,14). The first-order chi connectivity index (χ1) is 7.89. The summed E-state index contributed by atoms with van der Waals surface area (Å²) in [6.07, 6.45) is -1.32. The first kappa shape index (κ1) is 11.8. The number of rotatable bonds is 2. The molecule has 0 bridgehead atoms. The Morgan fingerprint density at radius 2 is 2.24 bits per heavy atom. The van der Waals surface area contributed by atoms with Gasteiger partial charge in [-0.1, -0.05) is 12.2 Å². The van der Waals surface area contributed by atoms with Crippen molar-refractivity contribution in [2.45, 2.75) is 19.2 Å². The van der Waals surface area contributed by atoms with Gasteiger partial charge in [0.2, 0.25) is 5.96 Å². The zero-order chi connectivity index (χ0) is 12.6. The molecule has 94 valence electrons. The summed E-state index contributed by atoms with van der Waals surface area (Å²) in [7, 11) is 0. The summed E-state index contributed by atoms with van der Waals surface area (Å²) < 4.78 is 37.1. The fraction of sp³-hybridized carbons (Fsp3) is 0.444. The zero-order valence-corrected chi connectivity index (χ0v) is 8.98. The van der Waals surface area contributed by atoms with Crippen molar-refractivity contribution in [3.8, 4) is 0 Å². The van der Waals surface area contributed by atoms with E-state index in [1.54, 1.807) is 18.2 Å². The summed E-state index contributed by atoms with van der Waals surface area (Å²) >= 11 is 0. The number of guanidine groups is 1. The molecule has 0 aromatic heterocycles. The van der Waals surface area contributed by atoms with Gasteiger partial charge in [-0.05, 0) is 13.0 Å². The van der Waals surface area contributed by atoms with Crippen molar-refractivity contribution in [2.24, 2.45) is 10.8 Å². The highest BCUT2D eigenvalue weighted by atomic mass is 19.4. The van der Waals surface area contributed by atoms with Crippen LogP contribution in [0.25, 0.3) is 0 Å². The second-order valence-electron chi connectivity index (χ2n) is 3.58. The van der Waals surface area contributed by atoms with Crippen LogP contribution in [0.1, 0.15) is 6.92 Å². The van der Waals surface area contributed by atoms with Crippen LogP contribution in [0, 0.1) is 0 Å². The number of nitrogens with two attached hydrogens (primary N) is 1. The number of halogens is 3. The maximum Gasteiger partial charge on any atom is 0.416 e. The Balaban J connectivity index is 2.13. The molecule has 2 aliphatic heterocycles. The lowest BCUT2D eigenvalue weighted by molar-refractivity contribution is -0.264. The van der Waals surface area contributed by atoms with Gasteiger partial charge in [0.25, 0.3) is 0 Å². The minimum atomic E-state index is -4.45. The number of fused-ring (bicyclic) bond motifs is 1. The SMILES string of the molecule is CC(ON1C2=CC=CCN2N=C1N)C(F)(F)F. The highest BCUT2D eigenvalue weighted by Crippen LogP contribution is 2.28. The molecule has 2 N–H and O–H groups in total. The minimum Gasteiger partial charge on any atom is -0.366 e. The van der Waals surface area contributed by atoms with Crippen molar-refractivity contribution in [3.63, 3.8) is 0 Å². The maximum absolute atomic E-state index is 12.4. The fourth-order valence-corrected chi connectivity index (χ4v) is 1.37. The molecule has 0 aromatic rings. The second kappa shape index (κ2) is 3.95. The predicted octanol–water partition coefficient (Wildman–Crippen LogP) is 1.13. The minimum absolute atomic E-state index is 0.115. The molecule has 0 saturated heterocycles.